The molecule has 80 valence electrons. The minimum absolute atomic E-state index is 0.0637. The molecule has 0 heterocycles. The molecule has 1 aromatic carbocycles. The van der Waals surface area contributed by atoms with Crippen molar-refractivity contribution in [1.82, 2.24) is 0 Å². The summed E-state index contributed by atoms with van der Waals surface area (Å²) in [5, 5.41) is 9.41. The molecular formula is C13H16O2. The third-order valence-corrected chi connectivity index (χ3v) is 3.68. The van der Waals surface area contributed by atoms with Gasteiger partial charge in [0.15, 0.2) is 5.78 Å². The van der Waals surface area contributed by atoms with Crippen LogP contribution in [0, 0.1) is 11.3 Å². The molecular weight excluding hydrogens is 188 g/mol. The number of carbonyl (C=O) groups excluding carboxylic acids is 1. The number of hydrogen-bond donors (Lipinski definition) is 1. The third kappa shape index (κ3) is 1.49. The first kappa shape index (κ1) is 10.4. The Morgan fingerprint density at radius 1 is 1.47 bits per heavy atom. The van der Waals surface area contributed by atoms with Crippen molar-refractivity contribution in [2.75, 3.05) is 6.61 Å². The van der Waals surface area contributed by atoms with Crippen molar-refractivity contribution in [2.45, 2.75) is 20.3 Å². The lowest BCUT2D eigenvalue weighted by Gasteiger charge is -2.37. The summed E-state index contributed by atoms with van der Waals surface area (Å²) < 4.78 is 0. The molecule has 1 aromatic rings. The van der Waals surface area contributed by atoms with Crippen molar-refractivity contribution < 1.29 is 9.90 Å². The van der Waals surface area contributed by atoms with E-state index in [0.717, 1.165) is 17.5 Å². The molecule has 2 rings (SSSR count). The van der Waals surface area contributed by atoms with Crippen LogP contribution in [0.2, 0.25) is 0 Å². The van der Waals surface area contributed by atoms with E-state index in [1.54, 1.807) is 0 Å². The zero-order valence-corrected chi connectivity index (χ0v) is 9.16. The van der Waals surface area contributed by atoms with Gasteiger partial charge in [-0.15, -0.1) is 0 Å². The summed E-state index contributed by atoms with van der Waals surface area (Å²) in [5.41, 5.74) is 1.60. The lowest BCUT2D eigenvalue weighted by molar-refractivity contribution is 0.0556. The SMILES string of the molecule is CC1C(=O)c2ccccc2CC1(C)CO. The second-order valence-corrected chi connectivity index (χ2v) is 4.73. The molecule has 0 aliphatic heterocycles. The molecule has 0 fully saturated rings. The molecule has 0 bridgehead atoms. The number of aliphatic hydroxyl groups excluding tert-OH is 1. The fourth-order valence-electron chi connectivity index (χ4n) is 2.25. The standard InChI is InChI=1S/C13H16O2/c1-9-12(15)11-6-4-3-5-10(11)7-13(9,2)8-14/h3-6,9,14H,7-8H2,1-2H3. The highest BCUT2D eigenvalue weighted by molar-refractivity contribution is 6.00. The summed E-state index contributed by atoms with van der Waals surface area (Å²) in [4.78, 5) is 12.1. The van der Waals surface area contributed by atoms with Crippen LogP contribution in [0.25, 0.3) is 0 Å². The molecule has 0 radical (unpaired) electrons. The van der Waals surface area contributed by atoms with E-state index >= 15 is 0 Å². The first-order valence-corrected chi connectivity index (χ1v) is 5.31. The van der Waals surface area contributed by atoms with Gasteiger partial charge in [-0.3, -0.25) is 4.79 Å². The summed E-state index contributed by atoms with van der Waals surface area (Å²) in [6.07, 6.45) is 0.784. The van der Waals surface area contributed by atoms with Crippen LogP contribution >= 0.6 is 0 Å². The molecule has 2 heteroatoms. The molecule has 0 aromatic heterocycles. The Labute approximate surface area is 89.9 Å². The number of hydrogen-bond acceptors (Lipinski definition) is 2. The van der Waals surface area contributed by atoms with Crippen LogP contribution in [0.15, 0.2) is 24.3 Å². The van der Waals surface area contributed by atoms with Gasteiger partial charge in [-0.25, -0.2) is 0 Å². The highest BCUT2D eigenvalue weighted by Gasteiger charge is 2.40. The number of fused-ring (bicyclic) bond motifs is 1. The van der Waals surface area contributed by atoms with Crippen LogP contribution in [-0.2, 0) is 6.42 Å². The van der Waals surface area contributed by atoms with Gasteiger partial charge in [0.25, 0.3) is 0 Å². The Hall–Kier alpha value is -1.15. The van der Waals surface area contributed by atoms with E-state index in [-0.39, 0.29) is 23.7 Å². The number of rotatable bonds is 1. The number of carbonyl (C=O) groups is 1. The Bertz CT molecular complexity index is 397. The topological polar surface area (TPSA) is 37.3 Å². The van der Waals surface area contributed by atoms with Gasteiger partial charge in [-0.1, -0.05) is 38.1 Å². The smallest absolute Gasteiger partial charge is 0.166 e. The highest BCUT2D eigenvalue weighted by Crippen LogP contribution is 2.39. The quantitative estimate of drug-likeness (QED) is 0.760. The zero-order valence-electron chi connectivity index (χ0n) is 9.16. The normalized spacial score (nSPS) is 30.1. The Morgan fingerprint density at radius 3 is 2.80 bits per heavy atom. The average molecular weight is 204 g/mol. The molecule has 0 amide bonds. The van der Waals surface area contributed by atoms with Gasteiger partial charge in [0.05, 0.1) is 0 Å². The van der Waals surface area contributed by atoms with Crippen molar-refractivity contribution in [3.8, 4) is 0 Å². The van der Waals surface area contributed by atoms with E-state index in [0.29, 0.717) is 0 Å². The predicted molar refractivity (Wildman–Crippen MR) is 58.8 cm³/mol. The fraction of sp³-hybridized carbons (Fsp3) is 0.462. The van der Waals surface area contributed by atoms with E-state index in [1.165, 1.54) is 0 Å². The van der Waals surface area contributed by atoms with Gasteiger partial charge in [-0.2, -0.15) is 0 Å². The monoisotopic (exact) mass is 204 g/mol. The third-order valence-electron chi connectivity index (χ3n) is 3.68. The van der Waals surface area contributed by atoms with Crippen molar-refractivity contribution in [2.24, 2.45) is 11.3 Å². The number of ketones is 1. The van der Waals surface area contributed by atoms with Crippen LogP contribution < -0.4 is 0 Å². The molecule has 2 atom stereocenters. The molecule has 15 heavy (non-hydrogen) atoms. The largest absolute Gasteiger partial charge is 0.396 e. The van der Waals surface area contributed by atoms with E-state index in [1.807, 2.05) is 38.1 Å². The molecule has 2 nitrogen and oxygen atoms in total. The maximum absolute atomic E-state index is 12.1. The van der Waals surface area contributed by atoms with E-state index in [4.69, 9.17) is 0 Å². The molecule has 0 saturated carbocycles. The van der Waals surface area contributed by atoms with E-state index in [2.05, 4.69) is 0 Å². The van der Waals surface area contributed by atoms with Gasteiger partial charge < -0.3 is 5.11 Å². The van der Waals surface area contributed by atoms with Gasteiger partial charge in [-0.05, 0) is 12.0 Å². The number of benzene rings is 1. The van der Waals surface area contributed by atoms with Gasteiger partial charge in [0.1, 0.15) is 0 Å². The lowest BCUT2D eigenvalue weighted by atomic mass is 9.66. The lowest BCUT2D eigenvalue weighted by Crippen LogP contribution is -2.41. The molecule has 0 saturated heterocycles. The van der Waals surface area contributed by atoms with E-state index in [9.17, 15) is 9.90 Å². The Balaban J connectivity index is 2.50. The second-order valence-electron chi connectivity index (χ2n) is 4.73. The van der Waals surface area contributed by atoms with Crippen LogP contribution in [0.1, 0.15) is 29.8 Å². The summed E-state index contributed by atoms with van der Waals surface area (Å²) >= 11 is 0. The van der Waals surface area contributed by atoms with Crippen LogP contribution in [0.5, 0.6) is 0 Å². The first-order valence-electron chi connectivity index (χ1n) is 5.31. The molecule has 1 aliphatic carbocycles. The van der Waals surface area contributed by atoms with Crippen LogP contribution in [0.4, 0.5) is 0 Å². The van der Waals surface area contributed by atoms with Gasteiger partial charge >= 0.3 is 0 Å². The van der Waals surface area contributed by atoms with Crippen molar-refractivity contribution in [1.29, 1.82) is 0 Å². The van der Waals surface area contributed by atoms with Crippen LogP contribution in [-0.4, -0.2) is 17.5 Å². The molecule has 2 unspecified atom stereocenters. The highest BCUT2D eigenvalue weighted by atomic mass is 16.3. The number of Topliss-reactive ketones (excluding diaryl/α,β-unsaturated/α-hetero) is 1. The molecule has 1 aliphatic rings. The van der Waals surface area contributed by atoms with Crippen molar-refractivity contribution >= 4 is 5.78 Å². The summed E-state index contributed by atoms with van der Waals surface area (Å²) in [7, 11) is 0. The Morgan fingerprint density at radius 2 is 2.13 bits per heavy atom. The summed E-state index contributed by atoms with van der Waals surface area (Å²) in [6.45, 7) is 3.95. The maximum Gasteiger partial charge on any atom is 0.166 e. The maximum atomic E-state index is 12.1. The zero-order chi connectivity index (χ0) is 11.1. The summed E-state index contributed by atoms with van der Waals surface area (Å²) in [6, 6.07) is 7.70. The minimum atomic E-state index is -0.300. The van der Waals surface area contributed by atoms with E-state index < -0.39 is 0 Å². The fourth-order valence-corrected chi connectivity index (χ4v) is 2.25. The predicted octanol–water partition coefficient (Wildman–Crippen LogP) is 2.06. The van der Waals surface area contributed by atoms with Gasteiger partial charge in [0.2, 0.25) is 0 Å². The first-order chi connectivity index (χ1) is 7.08. The van der Waals surface area contributed by atoms with Gasteiger partial charge in [0, 0.05) is 23.5 Å². The Kier molecular flexibility index (Phi) is 2.39. The minimum Gasteiger partial charge on any atom is -0.396 e. The van der Waals surface area contributed by atoms with Crippen LogP contribution in [0.3, 0.4) is 0 Å². The second kappa shape index (κ2) is 3.46. The van der Waals surface area contributed by atoms with Crippen molar-refractivity contribution in [3.05, 3.63) is 35.4 Å². The molecule has 1 N–H and O–H groups in total. The van der Waals surface area contributed by atoms with Crippen molar-refractivity contribution in [3.63, 3.8) is 0 Å². The summed E-state index contributed by atoms with van der Waals surface area (Å²) in [5.74, 6) is 0.0609. The molecule has 0 spiro atoms. The number of aliphatic hydroxyl groups is 1. The average Bonchev–Trinajstić information content (AvgIpc) is 2.26.